The monoisotopic (exact) mass is 363 g/mol. The van der Waals surface area contributed by atoms with E-state index in [9.17, 15) is 4.79 Å². The zero-order chi connectivity index (χ0) is 18.2. The number of aromatic amines is 1. The van der Waals surface area contributed by atoms with Crippen LogP contribution in [0.15, 0.2) is 42.5 Å². The molecule has 138 valence electrons. The van der Waals surface area contributed by atoms with Gasteiger partial charge in [0.25, 0.3) is 5.91 Å². The van der Waals surface area contributed by atoms with Crippen LogP contribution in [-0.2, 0) is 0 Å². The first-order valence-electron chi connectivity index (χ1n) is 9.45. The lowest BCUT2D eigenvalue weighted by Gasteiger charge is -2.34. The number of H-pyrrole nitrogens is 1. The fourth-order valence-corrected chi connectivity index (χ4v) is 3.93. The van der Waals surface area contributed by atoms with Crippen molar-refractivity contribution in [3.63, 3.8) is 0 Å². The zero-order valence-corrected chi connectivity index (χ0v) is 15.0. The third-order valence-electron chi connectivity index (χ3n) is 5.28. The molecule has 6 heteroatoms. The Morgan fingerprint density at radius 2 is 1.93 bits per heavy atom. The number of ether oxygens (including phenoxy) is 2. The molecule has 2 aliphatic heterocycles. The van der Waals surface area contributed by atoms with Crippen LogP contribution in [0.2, 0.25) is 0 Å². The lowest BCUT2D eigenvalue weighted by Crippen LogP contribution is -2.39. The summed E-state index contributed by atoms with van der Waals surface area (Å²) in [6, 6.07) is 13.4. The van der Waals surface area contributed by atoms with Gasteiger partial charge in [0.2, 0.25) is 0 Å². The van der Waals surface area contributed by atoms with Gasteiger partial charge >= 0.3 is 0 Å². The maximum atomic E-state index is 13.3. The molecule has 3 aromatic rings. The molecule has 5 rings (SSSR count). The molecule has 2 aliphatic rings. The van der Waals surface area contributed by atoms with E-state index in [0.29, 0.717) is 30.3 Å². The number of rotatable bonds is 2. The molecule has 0 bridgehead atoms. The van der Waals surface area contributed by atoms with Crippen molar-refractivity contribution in [2.24, 2.45) is 0 Å². The Hall–Kier alpha value is -3.02. The van der Waals surface area contributed by atoms with Crippen LogP contribution in [0.3, 0.4) is 0 Å². The van der Waals surface area contributed by atoms with Crippen molar-refractivity contribution in [1.29, 1.82) is 0 Å². The second-order valence-corrected chi connectivity index (χ2v) is 7.01. The number of carbonyl (C=O) groups excluding carboxylic acids is 1. The molecule has 27 heavy (non-hydrogen) atoms. The number of hydrogen-bond acceptors (Lipinski definition) is 4. The molecular weight excluding hydrogens is 342 g/mol. The van der Waals surface area contributed by atoms with Crippen molar-refractivity contribution >= 4 is 16.9 Å². The number of benzene rings is 2. The smallest absolute Gasteiger partial charge is 0.254 e. The van der Waals surface area contributed by atoms with Gasteiger partial charge in [0.15, 0.2) is 11.5 Å². The second-order valence-electron chi connectivity index (χ2n) is 7.01. The number of fused-ring (bicyclic) bond motifs is 2. The third-order valence-corrected chi connectivity index (χ3v) is 5.28. The van der Waals surface area contributed by atoms with Gasteiger partial charge in [0.05, 0.1) is 17.1 Å². The maximum absolute atomic E-state index is 13.3. The topological polar surface area (TPSA) is 67.5 Å². The number of para-hydroxylation sites is 2. The van der Waals surface area contributed by atoms with Gasteiger partial charge in [-0.1, -0.05) is 12.1 Å². The molecule has 6 nitrogen and oxygen atoms in total. The molecule has 1 unspecified atom stereocenters. The number of nitrogens with one attached hydrogen (secondary N) is 1. The minimum absolute atomic E-state index is 0.0112. The Labute approximate surface area is 157 Å². The van der Waals surface area contributed by atoms with Crippen LogP contribution in [0.4, 0.5) is 0 Å². The Morgan fingerprint density at radius 3 is 2.81 bits per heavy atom. The first kappa shape index (κ1) is 16.2. The summed E-state index contributed by atoms with van der Waals surface area (Å²) in [6.07, 6.45) is 3.01. The number of nitrogens with zero attached hydrogens (tertiary/aromatic N) is 2. The summed E-state index contributed by atoms with van der Waals surface area (Å²) in [5.74, 6) is 2.22. The first-order chi connectivity index (χ1) is 13.3. The van der Waals surface area contributed by atoms with E-state index in [2.05, 4.69) is 4.98 Å². The maximum Gasteiger partial charge on any atom is 0.254 e. The quantitative estimate of drug-likeness (QED) is 0.754. The zero-order valence-electron chi connectivity index (χ0n) is 15.0. The SMILES string of the molecule is O=C(c1ccc2c(c1)OCCO2)N1CCCCC1c1nc2ccccc2[nH]1. The number of likely N-dealkylation sites (tertiary alicyclic amines) is 1. The molecule has 0 spiro atoms. The predicted molar refractivity (Wildman–Crippen MR) is 101 cm³/mol. The van der Waals surface area contributed by atoms with E-state index in [4.69, 9.17) is 14.5 Å². The molecule has 1 aromatic heterocycles. The highest BCUT2D eigenvalue weighted by molar-refractivity contribution is 5.95. The average molecular weight is 363 g/mol. The van der Waals surface area contributed by atoms with E-state index in [0.717, 1.165) is 42.7 Å². The van der Waals surface area contributed by atoms with E-state index < -0.39 is 0 Å². The summed E-state index contributed by atoms with van der Waals surface area (Å²) in [5, 5.41) is 0. The number of amides is 1. The summed E-state index contributed by atoms with van der Waals surface area (Å²) in [5.41, 5.74) is 2.57. The Bertz CT molecular complexity index is 964. The van der Waals surface area contributed by atoms with Crippen LogP contribution in [0.1, 0.15) is 41.5 Å². The molecule has 1 atom stereocenters. The first-order valence-corrected chi connectivity index (χ1v) is 9.45. The van der Waals surface area contributed by atoms with Crippen molar-refractivity contribution in [3.8, 4) is 11.5 Å². The minimum atomic E-state index is -0.0353. The van der Waals surface area contributed by atoms with Gasteiger partial charge < -0.3 is 19.4 Å². The normalized spacial score (nSPS) is 19.3. The van der Waals surface area contributed by atoms with E-state index in [1.165, 1.54) is 0 Å². The van der Waals surface area contributed by atoms with Crippen LogP contribution in [0.25, 0.3) is 11.0 Å². The highest BCUT2D eigenvalue weighted by atomic mass is 16.6. The van der Waals surface area contributed by atoms with Gasteiger partial charge in [-0.15, -0.1) is 0 Å². The second kappa shape index (κ2) is 6.61. The van der Waals surface area contributed by atoms with Gasteiger partial charge in [0.1, 0.15) is 19.0 Å². The molecule has 1 amide bonds. The summed E-state index contributed by atoms with van der Waals surface area (Å²) < 4.78 is 11.2. The number of hydrogen-bond donors (Lipinski definition) is 1. The Kier molecular flexibility index (Phi) is 3.96. The fourth-order valence-electron chi connectivity index (χ4n) is 3.93. The highest BCUT2D eigenvalue weighted by Gasteiger charge is 2.31. The summed E-state index contributed by atoms with van der Waals surface area (Å²) in [4.78, 5) is 23.4. The van der Waals surface area contributed by atoms with Crippen molar-refractivity contribution in [3.05, 3.63) is 53.9 Å². The van der Waals surface area contributed by atoms with Gasteiger partial charge in [-0.05, 0) is 49.6 Å². The van der Waals surface area contributed by atoms with Gasteiger partial charge in [0, 0.05) is 12.1 Å². The van der Waals surface area contributed by atoms with Crippen LogP contribution in [-0.4, -0.2) is 40.5 Å². The lowest BCUT2D eigenvalue weighted by atomic mass is 10.00. The molecule has 1 N–H and O–H groups in total. The van der Waals surface area contributed by atoms with Gasteiger partial charge in [-0.3, -0.25) is 4.79 Å². The number of carbonyl (C=O) groups is 1. The number of imidazole rings is 1. The van der Waals surface area contributed by atoms with Crippen molar-refractivity contribution in [2.75, 3.05) is 19.8 Å². The van der Waals surface area contributed by atoms with Crippen LogP contribution < -0.4 is 9.47 Å². The van der Waals surface area contributed by atoms with Crippen molar-refractivity contribution in [1.82, 2.24) is 14.9 Å². The van der Waals surface area contributed by atoms with Crippen LogP contribution in [0, 0.1) is 0 Å². The van der Waals surface area contributed by atoms with Crippen LogP contribution >= 0.6 is 0 Å². The molecule has 3 heterocycles. The van der Waals surface area contributed by atoms with E-state index in [-0.39, 0.29) is 11.9 Å². The molecule has 0 radical (unpaired) electrons. The van der Waals surface area contributed by atoms with Crippen LogP contribution in [0.5, 0.6) is 11.5 Å². The predicted octanol–water partition coefficient (Wildman–Crippen LogP) is 3.70. The fraction of sp³-hybridized carbons (Fsp3) is 0.333. The van der Waals surface area contributed by atoms with E-state index in [1.807, 2.05) is 41.3 Å². The van der Waals surface area contributed by atoms with Gasteiger partial charge in [-0.25, -0.2) is 4.98 Å². The Morgan fingerprint density at radius 1 is 1.07 bits per heavy atom. The third kappa shape index (κ3) is 2.91. The molecule has 0 aliphatic carbocycles. The minimum Gasteiger partial charge on any atom is -0.486 e. The molecule has 2 aromatic carbocycles. The summed E-state index contributed by atoms with van der Waals surface area (Å²) in [7, 11) is 0. The van der Waals surface area contributed by atoms with E-state index >= 15 is 0 Å². The summed E-state index contributed by atoms with van der Waals surface area (Å²) >= 11 is 0. The highest BCUT2D eigenvalue weighted by Crippen LogP contribution is 2.34. The van der Waals surface area contributed by atoms with E-state index in [1.54, 1.807) is 6.07 Å². The largest absolute Gasteiger partial charge is 0.486 e. The number of aromatic nitrogens is 2. The van der Waals surface area contributed by atoms with Crippen molar-refractivity contribution < 1.29 is 14.3 Å². The van der Waals surface area contributed by atoms with Gasteiger partial charge in [-0.2, -0.15) is 0 Å². The molecule has 1 fully saturated rings. The molecule has 0 saturated carbocycles. The molecular formula is C21H21N3O3. The Balaban J connectivity index is 1.47. The standard InChI is InChI=1S/C21H21N3O3/c25-21(14-8-9-18-19(13-14)27-12-11-26-18)24-10-4-3-7-17(24)20-22-15-5-1-2-6-16(15)23-20/h1-2,5-6,8-9,13,17H,3-4,7,10-12H2,(H,22,23). The summed E-state index contributed by atoms with van der Waals surface area (Å²) in [6.45, 7) is 1.78. The lowest BCUT2D eigenvalue weighted by molar-refractivity contribution is 0.0600. The average Bonchev–Trinajstić information content (AvgIpc) is 3.17. The molecule has 1 saturated heterocycles. The van der Waals surface area contributed by atoms with Crippen molar-refractivity contribution in [2.45, 2.75) is 25.3 Å². The number of piperidine rings is 1.